The molecule has 2 aromatic carbocycles. The molecule has 10 heteroatoms. The average Bonchev–Trinajstić information content (AvgIpc) is 3.03. The molecular weight excluding hydrogens is 492 g/mol. The van der Waals surface area contributed by atoms with Gasteiger partial charge in [0.2, 0.25) is 5.78 Å². The van der Waals surface area contributed by atoms with Crippen molar-refractivity contribution in [1.82, 2.24) is 9.55 Å². The molecule has 0 saturated carbocycles. The summed E-state index contributed by atoms with van der Waals surface area (Å²) in [5.74, 6) is -3.69. The van der Waals surface area contributed by atoms with Crippen molar-refractivity contribution in [1.29, 1.82) is 5.41 Å². The largest absolute Gasteiger partial charge is 0.325 e. The Bertz CT molecular complexity index is 1280. The Kier molecular flexibility index (Phi) is 6.51. The molecule has 0 bridgehead atoms. The van der Waals surface area contributed by atoms with Crippen LogP contribution in [0.15, 0.2) is 51.8 Å². The lowest BCUT2D eigenvalue weighted by molar-refractivity contribution is 0.105. The van der Waals surface area contributed by atoms with E-state index in [1.807, 2.05) is 0 Å². The van der Waals surface area contributed by atoms with E-state index < -0.39 is 38.7 Å². The van der Waals surface area contributed by atoms with Gasteiger partial charge >= 0.3 is 0 Å². The summed E-state index contributed by atoms with van der Waals surface area (Å²) >= 11 is 3.16. The number of rotatable bonds is 7. The van der Waals surface area contributed by atoms with Crippen molar-refractivity contribution in [2.75, 3.05) is 5.75 Å². The topological polar surface area (TPSA) is 92.9 Å². The van der Waals surface area contributed by atoms with Crippen molar-refractivity contribution in [3.8, 4) is 11.3 Å². The molecule has 0 spiro atoms. The first-order chi connectivity index (χ1) is 14.6. The molecule has 0 amide bonds. The second kappa shape index (κ2) is 8.80. The van der Waals surface area contributed by atoms with Crippen LogP contribution in [0.5, 0.6) is 0 Å². The van der Waals surface area contributed by atoms with Gasteiger partial charge in [-0.05, 0) is 54.0 Å². The first-order valence-electron chi connectivity index (χ1n) is 9.19. The number of benzene rings is 2. The molecule has 0 fully saturated rings. The molecule has 0 unspecified atom stereocenters. The third-order valence-electron chi connectivity index (χ3n) is 4.72. The fraction of sp³-hybridized carbons (Fsp3) is 0.190. The number of carbonyl (C=O) groups excluding carboxylic acids is 1. The molecule has 1 N–H and O–H groups in total. The van der Waals surface area contributed by atoms with Crippen LogP contribution in [0.3, 0.4) is 0 Å². The molecule has 0 aliphatic rings. The molecular formula is C21H18BrF2N3O3S. The normalized spacial score (nSPS) is 11.5. The van der Waals surface area contributed by atoms with Gasteiger partial charge in [0.15, 0.2) is 15.7 Å². The van der Waals surface area contributed by atoms with Crippen molar-refractivity contribution < 1.29 is 22.0 Å². The van der Waals surface area contributed by atoms with Crippen LogP contribution in [-0.4, -0.2) is 35.2 Å². The van der Waals surface area contributed by atoms with Crippen molar-refractivity contribution in [2.24, 2.45) is 0 Å². The van der Waals surface area contributed by atoms with E-state index in [0.717, 1.165) is 12.1 Å². The molecule has 1 aromatic heterocycles. The molecule has 0 aliphatic carbocycles. The lowest BCUT2D eigenvalue weighted by Gasteiger charge is -2.09. The van der Waals surface area contributed by atoms with Gasteiger partial charge in [-0.25, -0.2) is 22.2 Å². The maximum atomic E-state index is 14.3. The SMILES string of the molecule is CCn1c(C(=O)C(=N)CS(=O)(=O)c2ccccc2Br)nc(-c2c(F)cccc2F)c1C. The smallest absolute Gasteiger partial charge is 0.242 e. The van der Waals surface area contributed by atoms with Crippen LogP contribution in [-0.2, 0) is 16.4 Å². The first kappa shape index (κ1) is 23.0. The van der Waals surface area contributed by atoms with Crippen molar-refractivity contribution in [3.63, 3.8) is 0 Å². The van der Waals surface area contributed by atoms with Crippen LogP contribution in [0.4, 0.5) is 8.78 Å². The van der Waals surface area contributed by atoms with Crippen LogP contribution in [0.2, 0.25) is 0 Å². The number of Topliss-reactive ketones (excluding diaryl/α,β-unsaturated/α-hetero) is 1. The van der Waals surface area contributed by atoms with Crippen molar-refractivity contribution in [2.45, 2.75) is 25.3 Å². The van der Waals surface area contributed by atoms with E-state index in [9.17, 15) is 22.0 Å². The zero-order valence-corrected chi connectivity index (χ0v) is 19.0. The Morgan fingerprint density at radius 1 is 1.13 bits per heavy atom. The quantitative estimate of drug-likeness (QED) is 0.372. The van der Waals surface area contributed by atoms with E-state index in [1.165, 1.54) is 22.8 Å². The summed E-state index contributed by atoms with van der Waals surface area (Å²) in [7, 11) is -3.98. The number of hydrogen-bond acceptors (Lipinski definition) is 5. The van der Waals surface area contributed by atoms with Gasteiger partial charge in [0.1, 0.15) is 17.4 Å². The molecule has 0 aliphatic heterocycles. The van der Waals surface area contributed by atoms with Crippen LogP contribution in [0.1, 0.15) is 23.2 Å². The van der Waals surface area contributed by atoms with Gasteiger partial charge in [-0.15, -0.1) is 0 Å². The Balaban J connectivity index is 2.00. The minimum atomic E-state index is -3.98. The Morgan fingerprint density at radius 2 is 1.74 bits per heavy atom. The number of nitrogens with zero attached hydrogens (tertiary/aromatic N) is 2. The van der Waals surface area contributed by atoms with Gasteiger partial charge in [0, 0.05) is 16.7 Å². The number of hydrogen-bond donors (Lipinski definition) is 1. The lowest BCUT2D eigenvalue weighted by atomic mass is 10.1. The van der Waals surface area contributed by atoms with Gasteiger partial charge in [0.05, 0.1) is 21.9 Å². The van der Waals surface area contributed by atoms with Gasteiger partial charge in [0.25, 0.3) is 0 Å². The monoisotopic (exact) mass is 509 g/mol. The van der Waals surface area contributed by atoms with E-state index in [1.54, 1.807) is 26.0 Å². The van der Waals surface area contributed by atoms with Crippen molar-refractivity contribution >= 4 is 37.3 Å². The summed E-state index contributed by atoms with van der Waals surface area (Å²) < 4.78 is 55.6. The van der Waals surface area contributed by atoms with Crippen LogP contribution >= 0.6 is 15.9 Å². The molecule has 1 heterocycles. The molecule has 0 saturated heterocycles. The number of ketones is 1. The predicted molar refractivity (Wildman–Crippen MR) is 116 cm³/mol. The maximum absolute atomic E-state index is 14.3. The summed E-state index contributed by atoms with van der Waals surface area (Å²) in [4.78, 5) is 17.0. The number of sulfone groups is 1. The molecule has 31 heavy (non-hydrogen) atoms. The van der Waals surface area contributed by atoms with Crippen molar-refractivity contribution in [3.05, 3.63) is 70.1 Å². The Hall–Kier alpha value is -2.72. The second-order valence-corrected chi connectivity index (χ2v) is 9.52. The summed E-state index contributed by atoms with van der Waals surface area (Å²) in [6.45, 7) is 3.49. The highest BCUT2D eigenvalue weighted by Gasteiger charge is 2.29. The zero-order valence-electron chi connectivity index (χ0n) is 16.6. The summed E-state index contributed by atoms with van der Waals surface area (Å²) in [6.07, 6.45) is 0. The Labute approximate surface area is 186 Å². The summed E-state index contributed by atoms with van der Waals surface area (Å²) in [5.41, 5.74) is -0.816. The maximum Gasteiger partial charge on any atom is 0.242 e. The molecule has 0 radical (unpaired) electrons. The second-order valence-electron chi connectivity index (χ2n) is 6.71. The van der Waals surface area contributed by atoms with E-state index >= 15 is 0 Å². The minimum Gasteiger partial charge on any atom is -0.325 e. The summed E-state index contributed by atoms with van der Waals surface area (Å²) in [6, 6.07) is 9.46. The highest BCUT2D eigenvalue weighted by Crippen LogP contribution is 2.29. The van der Waals surface area contributed by atoms with Crippen LogP contribution in [0, 0.1) is 24.0 Å². The standard InChI is InChI=1S/C21H18BrF2N3O3S/c1-3-27-12(2)19(18-14(23)8-6-9-15(18)24)26-21(27)20(28)16(25)11-31(29,30)17-10-5-4-7-13(17)22/h4-10,25H,3,11H2,1-2H3. The third-order valence-corrected chi connectivity index (χ3v) is 7.37. The molecule has 3 rings (SSSR count). The predicted octanol–water partition coefficient (Wildman–Crippen LogP) is 4.60. The Morgan fingerprint density at radius 3 is 2.32 bits per heavy atom. The number of aromatic nitrogens is 2. The van der Waals surface area contributed by atoms with Crippen LogP contribution < -0.4 is 0 Å². The fourth-order valence-electron chi connectivity index (χ4n) is 3.22. The number of nitrogens with one attached hydrogen (secondary N) is 1. The minimum absolute atomic E-state index is 0.0447. The van der Waals surface area contributed by atoms with E-state index in [-0.39, 0.29) is 28.5 Å². The number of halogens is 3. The first-order valence-corrected chi connectivity index (χ1v) is 11.6. The summed E-state index contributed by atoms with van der Waals surface area (Å²) in [5, 5.41) is 8.10. The van der Waals surface area contributed by atoms with Gasteiger partial charge in [-0.3, -0.25) is 4.79 Å². The van der Waals surface area contributed by atoms with Gasteiger partial charge in [-0.2, -0.15) is 0 Å². The van der Waals surface area contributed by atoms with E-state index in [2.05, 4.69) is 20.9 Å². The van der Waals surface area contributed by atoms with E-state index in [0.29, 0.717) is 10.2 Å². The molecule has 3 aromatic rings. The van der Waals surface area contributed by atoms with Crippen LogP contribution in [0.25, 0.3) is 11.3 Å². The highest BCUT2D eigenvalue weighted by atomic mass is 79.9. The number of carbonyl (C=O) groups is 1. The van der Waals surface area contributed by atoms with E-state index in [4.69, 9.17) is 5.41 Å². The zero-order chi connectivity index (χ0) is 22.9. The average molecular weight is 510 g/mol. The highest BCUT2D eigenvalue weighted by molar-refractivity contribution is 9.10. The van der Waals surface area contributed by atoms with Gasteiger partial charge in [-0.1, -0.05) is 18.2 Å². The molecule has 0 atom stereocenters. The molecule has 162 valence electrons. The third kappa shape index (κ3) is 4.35. The van der Waals surface area contributed by atoms with Gasteiger partial charge < -0.3 is 9.98 Å². The molecule has 6 nitrogen and oxygen atoms in total. The fourth-order valence-corrected chi connectivity index (χ4v) is 5.56. The number of imidazole rings is 1. The lowest BCUT2D eigenvalue weighted by Crippen LogP contribution is -2.26.